The minimum Gasteiger partial charge on any atom is -0.459 e. The average molecular weight is 548 g/mol. The number of nitro groups is 1. The first-order chi connectivity index (χ1) is 18.1. The zero-order valence-corrected chi connectivity index (χ0v) is 22.0. The highest BCUT2D eigenvalue weighted by molar-refractivity contribution is 6.11. The Labute approximate surface area is 222 Å². The second-order valence-corrected chi connectivity index (χ2v) is 10.7. The van der Waals surface area contributed by atoms with E-state index in [1.807, 2.05) is 0 Å². The summed E-state index contributed by atoms with van der Waals surface area (Å²) in [7, 11) is 0. The quantitative estimate of drug-likeness (QED) is 0.299. The molecule has 4 rings (SSSR count). The van der Waals surface area contributed by atoms with Gasteiger partial charge in [0.15, 0.2) is 17.5 Å². The zero-order valence-electron chi connectivity index (χ0n) is 22.0. The van der Waals surface area contributed by atoms with Crippen LogP contribution >= 0.6 is 0 Å². The van der Waals surface area contributed by atoms with E-state index in [9.17, 15) is 34.9 Å². The number of carbonyl (C=O) groups excluding carboxylic acids is 2. The normalized spacial score (nSPS) is 30.4. The second-order valence-electron chi connectivity index (χ2n) is 10.7. The van der Waals surface area contributed by atoms with E-state index < -0.39 is 69.7 Å². The third kappa shape index (κ3) is 5.27. The Hall–Kier alpha value is -3.75. The number of aliphatic hydroxyl groups is 1. The lowest BCUT2D eigenvalue weighted by molar-refractivity contribution is -0.769. The van der Waals surface area contributed by atoms with Crippen LogP contribution in [0.25, 0.3) is 0 Å². The average Bonchev–Trinajstić information content (AvgIpc) is 3.38. The number of Topliss-reactive ketones (excluding diaryl/α,β-unsaturated/α-hetero) is 1. The number of hydrogen-bond acceptors (Lipinski definition) is 12. The van der Waals surface area contributed by atoms with E-state index in [1.165, 1.54) is 25.1 Å². The number of benzene rings is 1. The number of fused-ring (bicyclic) bond motifs is 1. The Kier molecular flexibility index (Phi) is 7.31. The summed E-state index contributed by atoms with van der Waals surface area (Å²) in [4.78, 5) is 58.5. The maximum Gasteiger partial charge on any atom is 0.316 e. The largest absolute Gasteiger partial charge is 0.459 e. The van der Waals surface area contributed by atoms with Crippen LogP contribution in [0.2, 0.25) is 0 Å². The van der Waals surface area contributed by atoms with Gasteiger partial charge in [-0.3, -0.25) is 24.7 Å². The Morgan fingerprint density at radius 1 is 1.18 bits per heavy atom. The van der Waals surface area contributed by atoms with Gasteiger partial charge in [-0.05, 0) is 40.2 Å². The number of allylic oxidation sites excluding steroid dienone is 1. The number of esters is 1. The van der Waals surface area contributed by atoms with Crippen LogP contribution in [0.4, 0.5) is 5.69 Å². The van der Waals surface area contributed by atoms with Crippen molar-refractivity contribution < 1.29 is 43.8 Å². The summed E-state index contributed by atoms with van der Waals surface area (Å²) in [5.74, 6) is -3.84. The topological polar surface area (TPSA) is 190 Å². The minimum atomic E-state index is -2.30. The lowest BCUT2D eigenvalue weighted by Gasteiger charge is -2.36. The molecule has 2 fully saturated rings. The van der Waals surface area contributed by atoms with E-state index >= 15 is 0 Å². The molecular formula is C25H29N3O11. The predicted molar refractivity (Wildman–Crippen MR) is 132 cm³/mol. The molecule has 0 amide bonds. The molecule has 0 bridgehead atoms. The maximum atomic E-state index is 14.2. The first-order valence-corrected chi connectivity index (χ1v) is 12.2. The highest BCUT2D eigenvalue weighted by atomic mass is 17.0. The molecule has 3 heterocycles. The molecule has 1 N–H and O–H groups in total. The maximum absolute atomic E-state index is 14.2. The fourth-order valence-corrected chi connectivity index (χ4v) is 5.32. The van der Waals surface area contributed by atoms with Crippen molar-refractivity contribution in [1.82, 2.24) is 0 Å². The Balaban J connectivity index is 1.81. The van der Waals surface area contributed by atoms with Crippen molar-refractivity contribution in [1.29, 1.82) is 0 Å². The molecule has 0 saturated carbocycles. The lowest BCUT2D eigenvalue weighted by Crippen LogP contribution is -2.53. The number of carbonyl (C=O) groups is 2. The number of aliphatic imine (C=N–C) groups is 1. The summed E-state index contributed by atoms with van der Waals surface area (Å²) in [6.45, 7) is 7.29. The van der Waals surface area contributed by atoms with Crippen LogP contribution in [-0.4, -0.2) is 75.3 Å². The van der Waals surface area contributed by atoms with E-state index in [0.29, 0.717) is 5.71 Å². The second kappa shape index (κ2) is 10.1. The molecule has 0 radical (unpaired) electrons. The molecule has 3 aliphatic rings. The van der Waals surface area contributed by atoms with Crippen molar-refractivity contribution in [3.63, 3.8) is 0 Å². The van der Waals surface area contributed by atoms with Crippen molar-refractivity contribution in [2.45, 2.75) is 70.1 Å². The Morgan fingerprint density at radius 2 is 1.87 bits per heavy atom. The summed E-state index contributed by atoms with van der Waals surface area (Å²) < 4.78 is 16.7. The van der Waals surface area contributed by atoms with E-state index in [0.717, 1.165) is 0 Å². The van der Waals surface area contributed by atoms with Crippen molar-refractivity contribution in [3.05, 3.63) is 61.3 Å². The number of hydrogen-bond donors (Lipinski definition) is 1. The van der Waals surface area contributed by atoms with Gasteiger partial charge in [0.05, 0.1) is 18.1 Å². The fraction of sp³-hybridized carbons (Fsp3) is 0.560. The fourth-order valence-electron chi connectivity index (χ4n) is 5.32. The highest BCUT2D eigenvalue weighted by Crippen LogP contribution is 2.45. The summed E-state index contributed by atoms with van der Waals surface area (Å²) in [5, 5.41) is 33.0. The molecule has 0 aliphatic carbocycles. The summed E-state index contributed by atoms with van der Waals surface area (Å²) in [6.07, 6.45) is -3.56. The van der Waals surface area contributed by atoms with Crippen LogP contribution in [0, 0.1) is 26.1 Å². The van der Waals surface area contributed by atoms with Gasteiger partial charge >= 0.3 is 5.97 Å². The van der Waals surface area contributed by atoms with Crippen molar-refractivity contribution in [3.8, 4) is 0 Å². The van der Waals surface area contributed by atoms with E-state index in [-0.39, 0.29) is 29.1 Å². The Morgan fingerprint density at radius 3 is 2.49 bits per heavy atom. The van der Waals surface area contributed by atoms with Crippen molar-refractivity contribution in [2.24, 2.45) is 10.9 Å². The monoisotopic (exact) mass is 547 g/mol. The molecule has 0 spiro atoms. The summed E-state index contributed by atoms with van der Waals surface area (Å²) >= 11 is 0. The van der Waals surface area contributed by atoms with Gasteiger partial charge in [-0.1, -0.05) is 12.1 Å². The molecule has 39 heavy (non-hydrogen) atoms. The van der Waals surface area contributed by atoms with Gasteiger partial charge in [0.2, 0.25) is 0 Å². The number of ketones is 1. The summed E-state index contributed by atoms with van der Waals surface area (Å²) in [6, 6.07) is 5.51. The Bertz CT molecular complexity index is 1280. The molecule has 1 aromatic carbocycles. The third-order valence-electron chi connectivity index (χ3n) is 6.86. The number of ether oxygens (including phenoxy) is 3. The van der Waals surface area contributed by atoms with Gasteiger partial charge in [0.25, 0.3) is 10.8 Å². The predicted octanol–water partition coefficient (Wildman–Crippen LogP) is 2.06. The standard InChI is InChI=1S/C25H29N3O11/c1-12-17(21(29)25(31)11-37-20-16(39-28(34)35)10-36-22(20)25)19(14-7-6-8-15(9-14)27(32)33)18(13(2)26-12)23(30)38-24(3,4)5/h6-9,16,18-20,22,31H,10-11H2,1-5H3/t16-,18?,19?,20-,22+,25-/m1/s1. The molecule has 2 saturated heterocycles. The first-order valence-electron chi connectivity index (χ1n) is 12.2. The smallest absolute Gasteiger partial charge is 0.316 e. The number of nitro benzene ring substituents is 1. The van der Waals surface area contributed by atoms with Crippen LogP contribution in [-0.2, 0) is 28.6 Å². The number of non-ortho nitro benzene ring substituents is 1. The molecule has 3 aliphatic heterocycles. The van der Waals surface area contributed by atoms with E-state index in [4.69, 9.17) is 14.2 Å². The highest BCUT2D eigenvalue weighted by Gasteiger charge is 2.62. The van der Waals surface area contributed by atoms with Crippen molar-refractivity contribution in [2.75, 3.05) is 13.2 Å². The van der Waals surface area contributed by atoms with Gasteiger partial charge in [-0.15, -0.1) is 10.1 Å². The first kappa shape index (κ1) is 28.3. The molecule has 14 nitrogen and oxygen atoms in total. The SMILES string of the molecule is CC1=NC(C)=C(C(=O)[C@]2(O)CO[C@@H]3[C@H](O[N+](=O)[O-])CO[C@@H]32)C(c2cccc([N+](=O)[O-])c2)C1C(=O)OC(C)(C)C. The van der Waals surface area contributed by atoms with Gasteiger partial charge in [0, 0.05) is 35.0 Å². The van der Waals surface area contributed by atoms with Crippen LogP contribution in [0.3, 0.4) is 0 Å². The number of rotatable bonds is 7. The van der Waals surface area contributed by atoms with Gasteiger partial charge in [-0.25, -0.2) is 0 Å². The molecule has 2 unspecified atom stereocenters. The molecule has 14 heteroatoms. The zero-order chi connectivity index (χ0) is 28.9. The van der Waals surface area contributed by atoms with Crippen LogP contribution in [0.5, 0.6) is 0 Å². The lowest BCUT2D eigenvalue weighted by atomic mass is 9.71. The van der Waals surface area contributed by atoms with E-state index in [2.05, 4.69) is 9.83 Å². The molecule has 6 atom stereocenters. The number of nitrogens with zero attached hydrogens (tertiary/aromatic N) is 3. The van der Waals surface area contributed by atoms with Crippen molar-refractivity contribution >= 4 is 23.2 Å². The van der Waals surface area contributed by atoms with Gasteiger partial charge in [-0.2, -0.15) is 0 Å². The van der Waals surface area contributed by atoms with Crippen LogP contribution < -0.4 is 0 Å². The van der Waals surface area contributed by atoms with Gasteiger partial charge in [0.1, 0.15) is 23.7 Å². The van der Waals surface area contributed by atoms with Gasteiger partial charge < -0.3 is 24.2 Å². The molecule has 0 aromatic heterocycles. The molecular weight excluding hydrogens is 518 g/mol. The third-order valence-corrected chi connectivity index (χ3v) is 6.86. The van der Waals surface area contributed by atoms with Crippen LogP contribution in [0.15, 0.2) is 40.5 Å². The summed E-state index contributed by atoms with van der Waals surface area (Å²) in [5.41, 5.74) is -2.76. The minimum absolute atomic E-state index is 0.0778. The van der Waals surface area contributed by atoms with Crippen LogP contribution in [0.1, 0.15) is 46.1 Å². The van der Waals surface area contributed by atoms with E-state index in [1.54, 1.807) is 33.8 Å². The molecule has 210 valence electrons. The molecule has 1 aromatic rings.